The zero-order chi connectivity index (χ0) is 17.6. The summed E-state index contributed by atoms with van der Waals surface area (Å²) in [6, 6.07) is 13.2. The SMILES string of the molecule is COc1ccccc1NC(=O)Cc1csc(Nc2ccc(F)cc2)n1. The first kappa shape index (κ1) is 16.9. The van der Waals surface area contributed by atoms with Crippen molar-refractivity contribution in [2.45, 2.75) is 6.42 Å². The molecular weight excluding hydrogens is 341 g/mol. The van der Waals surface area contributed by atoms with Crippen LogP contribution in [0.1, 0.15) is 5.69 Å². The van der Waals surface area contributed by atoms with Crippen LogP contribution in [0.2, 0.25) is 0 Å². The average molecular weight is 357 g/mol. The van der Waals surface area contributed by atoms with Crippen molar-refractivity contribution < 1.29 is 13.9 Å². The lowest BCUT2D eigenvalue weighted by Gasteiger charge is -2.09. The summed E-state index contributed by atoms with van der Waals surface area (Å²) < 4.78 is 18.1. The topological polar surface area (TPSA) is 63.2 Å². The van der Waals surface area contributed by atoms with Gasteiger partial charge in [0.15, 0.2) is 5.13 Å². The van der Waals surface area contributed by atoms with Gasteiger partial charge in [-0.15, -0.1) is 11.3 Å². The largest absolute Gasteiger partial charge is 0.495 e. The molecule has 2 N–H and O–H groups in total. The zero-order valence-corrected chi connectivity index (χ0v) is 14.3. The predicted octanol–water partition coefficient (Wildman–Crippen LogP) is 4.22. The maximum atomic E-state index is 12.9. The van der Waals surface area contributed by atoms with E-state index < -0.39 is 0 Å². The molecule has 0 unspecified atom stereocenters. The van der Waals surface area contributed by atoms with Crippen LogP contribution in [-0.4, -0.2) is 18.0 Å². The van der Waals surface area contributed by atoms with Crippen LogP contribution in [0, 0.1) is 5.82 Å². The van der Waals surface area contributed by atoms with Crippen molar-refractivity contribution in [3.63, 3.8) is 0 Å². The second-order valence-electron chi connectivity index (χ2n) is 5.20. The Balaban J connectivity index is 1.61. The Kier molecular flexibility index (Phi) is 5.25. The fourth-order valence-electron chi connectivity index (χ4n) is 2.21. The third kappa shape index (κ3) is 4.54. The van der Waals surface area contributed by atoms with Gasteiger partial charge in [0.05, 0.1) is 24.9 Å². The van der Waals surface area contributed by atoms with Crippen LogP contribution in [-0.2, 0) is 11.2 Å². The van der Waals surface area contributed by atoms with E-state index in [-0.39, 0.29) is 18.1 Å². The number of rotatable bonds is 6. The van der Waals surface area contributed by atoms with Crippen molar-refractivity contribution in [3.05, 3.63) is 65.4 Å². The van der Waals surface area contributed by atoms with Crippen LogP contribution in [0.3, 0.4) is 0 Å². The van der Waals surface area contributed by atoms with Gasteiger partial charge in [0.25, 0.3) is 0 Å². The van der Waals surface area contributed by atoms with E-state index in [4.69, 9.17) is 4.74 Å². The third-order valence-electron chi connectivity index (χ3n) is 3.37. The number of thiazole rings is 1. The number of hydrogen-bond donors (Lipinski definition) is 2. The maximum absolute atomic E-state index is 12.9. The van der Waals surface area contributed by atoms with Gasteiger partial charge in [-0.1, -0.05) is 12.1 Å². The van der Waals surface area contributed by atoms with Crippen LogP contribution in [0.25, 0.3) is 0 Å². The third-order valence-corrected chi connectivity index (χ3v) is 4.18. The van der Waals surface area contributed by atoms with E-state index in [2.05, 4.69) is 15.6 Å². The highest BCUT2D eigenvalue weighted by molar-refractivity contribution is 7.13. The standard InChI is InChI=1S/C18H16FN3O2S/c1-24-16-5-3-2-4-15(16)22-17(23)10-14-11-25-18(21-14)20-13-8-6-12(19)7-9-13/h2-9,11H,10H2,1H3,(H,20,21)(H,22,23). The number of ether oxygens (including phenoxy) is 1. The van der Waals surface area contributed by atoms with Crippen LogP contribution in [0.15, 0.2) is 53.9 Å². The van der Waals surface area contributed by atoms with Gasteiger partial charge in [-0.05, 0) is 36.4 Å². The van der Waals surface area contributed by atoms with Gasteiger partial charge < -0.3 is 15.4 Å². The molecule has 1 amide bonds. The minimum Gasteiger partial charge on any atom is -0.495 e. The number of nitrogens with zero attached hydrogens (tertiary/aromatic N) is 1. The summed E-state index contributed by atoms with van der Waals surface area (Å²) in [5.41, 5.74) is 2.01. The first-order valence-corrected chi connectivity index (χ1v) is 8.42. The Morgan fingerprint density at radius 2 is 1.96 bits per heavy atom. The summed E-state index contributed by atoms with van der Waals surface area (Å²) >= 11 is 1.38. The maximum Gasteiger partial charge on any atom is 0.230 e. The van der Waals surface area contributed by atoms with E-state index in [9.17, 15) is 9.18 Å². The van der Waals surface area contributed by atoms with Gasteiger partial charge in [0.1, 0.15) is 11.6 Å². The smallest absolute Gasteiger partial charge is 0.230 e. The summed E-state index contributed by atoms with van der Waals surface area (Å²) in [4.78, 5) is 16.6. The number of nitrogens with one attached hydrogen (secondary N) is 2. The minimum absolute atomic E-state index is 0.152. The van der Waals surface area contributed by atoms with Gasteiger partial charge in [0, 0.05) is 11.1 Å². The van der Waals surface area contributed by atoms with Crippen LogP contribution in [0.4, 0.5) is 20.9 Å². The molecule has 0 saturated heterocycles. The molecule has 0 spiro atoms. The van der Waals surface area contributed by atoms with Gasteiger partial charge in [-0.2, -0.15) is 0 Å². The second-order valence-corrected chi connectivity index (χ2v) is 6.06. The Morgan fingerprint density at radius 3 is 2.72 bits per heavy atom. The molecule has 0 aliphatic carbocycles. The van der Waals surface area contributed by atoms with Gasteiger partial charge in [-0.25, -0.2) is 9.37 Å². The lowest BCUT2D eigenvalue weighted by Crippen LogP contribution is -2.15. The molecule has 1 aromatic heterocycles. The van der Waals surface area contributed by atoms with Gasteiger partial charge >= 0.3 is 0 Å². The first-order chi connectivity index (χ1) is 12.1. The van der Waals surface area contributed by atoms with Crippen molar-refractivity contribution in [2.24, 2.45) is 0 Å². The van der Waals surface area contributed by atoms with Crippen LogP contribution >= 0.6 is 11.3 Å². The predicted molar refractivity (Wildman–Crippen MR) is 97.1 cm³/mol. The van der Waals surface area contributed by atoms with Crippen molar-refractivity contribution in [1.29, 1.82) is 0 Å². The molecule has 0 aliphatic rings. The number of halogens is 1. The molecule has 128 valence electrons. The Bertz CT molecular complexity index is 865. The second kappa shape index (κ2) is 7.76. The fourth-order valence-corrected chi connectivity index (χ4v) is 2.94. The molecule has 0 fully saturated rings. The quantitative estimate of drug-likeness (QED) is 0.693. The molecule has 0 bridgehead atoms. The van der Waals surface area contributed by atoms with Crippen molar-refractivity contribution in [2.75, 3.05) is 17.7 Å². The summed E-state index contributed by atoms with van der Waals surface area (Å²) in [5, 5.41) is 8.35. The summed E-state index contributed by atoms with van der Waals surface area (Å²) in [7, 11) is 1.55. The van der Waals surface area contributed by atoms with E-state index in [1.807, 2.05) is 17.5 Å². The average Bonchev–Trinajstić information content (AvgIpc) is 3.04. The van der Waals surface area contributed by atoms with Crippen molar-refractivity contribution in [3.8, 4) is 5.75 Å². The highest BCUT2D eigenvalue weighted by Gasteiger charge is 2.10. The van der Waals surface area contributed by atoms with Crippen molar-refractivity contribution in [1.82, 2.24) is 4.98 Å². The molecule has 25 heavy (non-hydrogen) atoms. The molecule has 1 heterocycles. The summed E-state index contributed by atoms with van der Waals surface area (Å²) in [6.07, 6.45) is 0.152. The summed E-state index contributed by atoms with van der Waals surface area (Å²) in [6.45, 7) is 0. The molecule has 7 heteroatoms. The number of hydrogen-bond acceptors (Lipinski definition) is 5. The number of benzene rings is 2. The molecule has 3 aromatic rings. The molecule has 0 radical (unpaired) electrons. The van der Waals surface area contributed by atoms with E-state index >= 15 is 0 Å². The molecule has 0 atom stereocenters. The number of carbonyl (C=O) groups is 1. The number of carbonyl (C=O) groups excluding carboxylic acids is 1. The van der Waals surface area contributed by atoms with Crippen LogP contribution < -0.4 is 15.4 Å². The lowest BCUT2D eigenvalue weighted by atomic mass is 10.2. The molecule has 3 rings (SSSR count). The monoisotopic (exact) mass is 357 g/mol. The number of anilines is 3. The Morgan fingerprint density at radius 1 is 1.20 bits per heavy atom. The Labute approximate surface area is 148 Å². The number of aromatic nitrogens is 1. The first-order valence-electron chi connectivity index (χ1n) is 7.54. The van der Waals surface area contributed by atoms with E-state index in [0.717, 1.165) is 5.69 Å². The molecule has 5 nitrogen and oxygen atoms in total. The summed E-state index contributed by atoms with van der Waals surface area (Å²) in [5.74, 6) is 0.134. The number of methoxy groups -OCH3 is 1. The molecular formula is C18H16FN3O2S. The fraction of sp³-hybridized carbons (Fsp3) is 0.111. The van der Waals surface area contributed by atoms with E-state index in [1.165, 1.54) is 23.5 Å². The number of para-hydroxylation sites is 2. The minimum atomic E-state index is -0.293. The van der Waals surface area contributed by atoms with Gasteiger partial charge in [0.2, 0.25) is 5.91 Å². The normalized spacial score (nSPS) is 10.3. The van der Waals surface area contributed by atoms with Gasteiger partial charge in [-0.3, -0.25) is 4.79 Å². The van der Waals surface area contributed by atoms with E-state index in [0.29, 0.717) is 22.3 Å². The zero-order valence-electron chi connectivity index (χ0n) is 13.5. The Hall–Kier alpha value is -2.93. The van der Waals surface area contributed by atoms with E-state index in [1.54, 1.807) is 31.4 Å². The highest BCUT2D eigenvalue weighted by Crippen LogP contribution is 2.24. The van der Waals surface area contributed by atoms with Crippen LogP contribution in [0.5, 0.6) is 5.75 Å². The molecule has 0 aliphatic heterocycles. The highest BCUT2D eigenvalue weighted by atomic mass is 32.1. The lowest BCUT2D eigenvalue weighted by molar-refractivity contribution is -0.115. The molecule has 2 aromatic carbocycles. The van der Waals surface area contributed by atoms with Crippen molar-refractivity contribution >= 4 is 33.8 Å². The number of amides is 1. The molecule has 0 saturated carbocycles.